The molecule has 4 aromatic rings. The van der Waals surface area contributed by atoms with Crippen molar-refractivity contribution in [1.29, 1.82) is 5.26 Å². The molecule has 0 spiro atoms. The van der Waals surface area contributed by atoms with Crippen LogP contribution in [0.5, 0.6) is 0 Å². The van der Waals surface area contributed by atoms with E-state index >= 15 is 0 Å². The van der Waals surface area contributed by atoms with E-state index in [0.717, 1.165) is 0 Å². The Kier molecular flexibility index (Phi) is 8.58. The lowest BCUT2D eigenvalue weighted by molar-refractivity contribution is -0.153. The molecule has 184 valence electrons. The lowest BCUT2D eigenvalue weighted by Gasteiger charge is -2.27. The van der Waals surface area contributed by atoms with Gasteiger partial charge in [0.2, 0.25) is 5.91 Å². The number of esters is 1. The number of carbonyl (C=O) groups excluding carboxylic acids is 2. The molecule has 0 bridgehead atoms. The Morgan fingerprint density at radius 2 is 1.57 bits per heavy atom. The fourth-order valence-corrected chi connectivity index (χ4v) is 3.95. The zero-order valence-corrected chi connectivity index (χ0v) is 20.5. The molecule has 8 heteroatoms. The minimum atomic E-state index is -1.28. The van der Waals surface area contributed by atoms with Gasteiger partial charge in [-0.3, -0.25) is 14.5 Å². The summed E-state index contributed by atoms with van der Waals surface area (Å²) >= 11 is 5.94. The first-order chi connectivity index (χ1) is 18.1. The first-order valence-electron chi connectivity index (χ1n) is 11.6. The van der Waals surface area contributed by atoms with Crippen LogP contribution in [0.2, 0.25) is 5.15 Å². The Hall–Kier alpha value is -4.54. The topological polar surface area (TPSA) is 96.2 Å². The molecule has 37 heavy (non-hydrogen) atoms. The summed E-state index contributed by atoms with van der Waals surface area (Å²) in [4.78, 5) is 37.6. The summed E-state index contributed by atoms with van der Waals surface area (Å²) in [6.45, 7) is 0.108. The lowest BCUT2D eigenvalue weighted by atomic mass is 9.96. The van der Waals surface area contributed by atoms with Crippen LogP contribution >= 0.6 is 11.6 Å². The van der Waals surface area contributed by atoms with Gasteiger partial charge in [0, 0.05) is 12.4 Å². The number of benzene rings is 2. The Morgan fingerprint density at radius 1 is 0.892 bits per heavy atom. The molecular formula is C29H23ClN4O3. The van der Waals surface area contributed by atoms with Gasteiger partial charge in [0.1, 0.15) is 17.1 Å². The highest BCUT2D eigenvalue weighted by atomic mass is 35.5. The van der Waals surface area contributed by atoms with Gasteiger partial charge < -0.3 is 4.74 Å². The van der Waals surface area contributed by atoms with Gasteiger partial charge in [0.25, 0.3) is 0 Å². The van der Waals surface area contributed by atoms with E-state index < -0.39 is 23.9 Å². The number of pyridine rings is 2. The number of anilines is 1. The number of carbonyl (C=O) groups is 2. The number of nitrogens with zero attached hydrogens (tertiary/aromatic N) is 4. The van der Waals surface area contributed by atoms with Crippen molar-refractivity contribution in [3.8, 4) is 6.07 Å². The summed E-state index contributed by atoms with van der Waals surface area (Å²) in [5.74, 6) is -2.19. The third-order valence-electron chi connectivity index (χ3n) is 5.64. The number of halogens is 1. The minimum absolute atomic E-state index is 0.0497. The van der Waals surface area contributed by atoms with Gasteiger partial charge in [0.15, 0.2) is 5.92 Å². The van der Waals surface area contributed by atoms with Crippen LogP contribution in [0.1, 0.15) is 35.1 Å². The zero-order valence-electron chi connectivity index (χ0n) is 19.8. The van der Waals surface area contributed by atoms with Crippen LogP contribution in [0, 0.1) is 11.3 Å². The molecule has 0 saturated carbocycles. The Morgan fingerprint density at radius 3 is 2.16 bits per heavy atom. The van der Waals surface area contributed by atoms with Crippen LogP contribution in [-0.4, -0.2) is 21.8 Å². The number of ether oxygens (including phenoxy) is 1. The molecule has 7 nitrogen and oxygen atoms in total. The molecule has 2 heterocycles. The Bertz CT molecular complexity index is 1360. The molecule has 2 unspecified atom stereocenters. The molecule has 1 amide bonds. The molecule has 0 aliphatic carbocycles. The number of hydrogen-bond donors (Lipinski definition) is 0. The molecule has 2 aromatic carbocycles. The van der Waals surface area contributed by atoms with E-state index in [1.54, 1.807) is 97.3 Å². The smallest absolute Gasteiger partial charge is 0.323 e. The third kappa shape index (κ3) is 6.57. The van der Waals surface area contributed by atoms with E-state index in [4.69, 9.17) is 16.3 Å². The number of aromatic nitrogens is 2. The number of hydrogen-bond acceptors (Lipinski definition) is 6. The van der Waals surface area contributed by atoms with Gasteiger partial charge >= 0.3 is 5.97 Å². The van der Waals surface area contributed by atoms with Crippen molar-refractivity contribution in [2.24, 2.45) is 0 Å². The van der Waals surface area contributed by atoms with Crippen LogP contribution in [0.3, 0.4) is 0 Å². The number of amides is 1. The van der Waals surface area contributed by atoms with Crippen molar-refractivity contribution >= 4 is 29.3 Å². The molecular weight excluding hydrogens is 488 g/mol. The number of nitriles is 1. The highest BCUT2D eigenvalue weighted by molar-refractivity contribution is 6.29. The van der Waals surface area contributed by atoms with E-state index in [-0.39, 0.29) is 13.0 Å². The quantitative estimate of drug-likeness (QED) is 0.164. The average molecular weight is 511 g/mol. The highest BCUT2D eigenvalue weighted by Gasteiger charge is 2.36. The van der Waals surface area contributed by atoms with E-state index in [1.165, 1.54) is 4.90 Å². The van der Waals surface area contributed by atoms with Gasteiger partial charge in [-0.1, -0.05) is 84.4 Å². The van der Waals surface area contributed by atoms with E-state index in [0.29, 0.717) is 27.7 Å². The second-order valence-electron chi connectivity index (χ2n) is 8.14. The van der Waals surface area contributed by atoms with Crippen molar-refractivity contribution in [2.45, 2.75) is 25.0 Å². The largest absolute Gasteiger partial charge is 0.456 e. The van der Waals surface area contributed by atoms with Crippen molar-refractivity contribution < 1.29 is 14.3 Å². The molecule has 2 aromatic heterocycles. The second-order valence-corrected chi connectivity index (χ2v) is 8.53. The van der Waals surface area contributed by atoms with E-state index in [9.17, 15) is 14.9 Å². The van der Waals surface area contributed by atoms with Crippen LogP contribution in [0.4, 0.5) is 5.82 Å². The molecule has 0 aliphatic rings. The molecule has 0 radical (unpaired) electrons. The van der Waals surface area contributed by atoms with Crippen LogP contribution in [0.15, 0.2) is 103 Å². The SMILES string of the molecule is N#CCC(OC(=O)C(C(=O)N(Cc1ccc(Cl)nc1)c1ccccn1)c1ccccc1)c1ccccc1. The minimum Gasteiger partial charge on any atom is -0.456 e. The fourth-order valence-electron chi connectivity index (χ4n) is 3.83. The summed E-state index contributed by atoms with van der Waals surface area (Å²) in [6, 6.07) is 28.3. The maximum absolute atomic E-state index is 14.1. The molecule has 2 atom stereocenters. The predicted molar refractivity (Wildman–Crippen MR) is 139 cm³/mol. The average Bonchev–Trinajstić information content (AvgIpc) is 2.94. The molecule has 0 saturated heterocycles. The Labute approximate surface area is 219 Å². The summed E-state index contributed by atoms with van der Waals surface area (Å²) in [7, 11) is 0. The molecule has 0 N–H and O–H groups in total. The number of rotatable bonds is 9. The third-order valence-corrected chi connectivity index (χ3v) is 5.87. The second kappa shape index (κ2) is 12.4. The fraction of sp³-hybridized carbons (Fsp3) is 0.138. The molecule has 0 fully saturated rings. The van der Waals surface area contributed by atoms with Gasteiger partial charge in [-0.2, -0.15) is 5.26 Å². The summed E-state index contributed by atoms with van der Waals surface area (Å²) in [5.41, 5.74) is 1.84. The van der Waals surface area contributed by atoms with Crippen LogP contribution < -0.4 is 4.90 Å². The van der Waals surface area contributed by atoms with Crippen LogP contribution in [0.25, 0.3) is 0 Å². The monoisotopic (exact) mass is 510 g/mol. The van der Waals surface area contributed by atoms with Crippen molar-refractivity contribution in [3.05, 3.63) is 125 Å². The predicted octanol–water partition coefficient (Wildman–Crippen LogP) is 5.65. The lowest BCUT2D eigenvalue weighted by Crippen LogP contribution is -2.39. The van der Waals surface area contributed by atoms with E-state index in [1.807, 2.05) is 6.07 Å². The summed E-state index contributed by atoms with van der Waals surface area (Å²) < 4.78 is 5.81. The zero-order chi connectivity index (χ0) is 26.0. The van der Waals surface area contributed by atoms with Gasteiger partial charge in [-0.05, 0) is 34.9 Å². The first kappa shape index (κ1) is 25.5. The van der Waals surface area contributed by atoms with Crippen molar-refractivity contribution in [1.82, 2.24) is 9.97 Å². The Balaban J connectivity index is 1.71. The van der Waals surface area contributed by atoms with Gasteiger partial charge in [0.05, 0.1) is 19.0 Å². The van der Waals surface area contributed by atoms with Crippen molar-refractivity contribution in [2.75, 3.05) is 4.90 Å². The van der Waals surface area contributed by atoms with Crippen LogP contribution in [-0.2, 0) is 20.9 Å². The van der Waals surface area contributed by atoms with Gasteiger partial charge in [-0.25, -0.2) is 9.97 Å². The summed E-state index contributed by atoms with van der Waals surface area (Å²) in [6.07, 6.45) is 2.27. The molecule has 0 aliphatic heterocycles. The maximum Gasteiger partial charge on any atom is 0.323 e. The standard InChI is InChI=1S/C29H23ClN4O3/c30-25-15-14-21(19-33-25)20-34(26-13-7-8-18-32-26)28(35)27(23-11-5-2-6-12-23)29(36)37-24(16-17-31)22-9-3-1-4-10-22/h1-15,18-19,24,27H,16,20H2. The van der Waals surface area contributed by atoms with Gasteiger partial charge in [-0.15, -0.1) is 0 Å². The van der Waals surface area contributed by atoms with Crippen molar-refractivity contribution in [3.63, 3.8) is 0 Å². The maximum atomic E-state index is 14.1. The normalized spacial score (nSPS) is 12.1. The molecule has 4 rings (SSSR count). The van der Waals surface area contributed by atoms with E-state index in [2.05, 4.69) is 16.0 Å². The highest BCUT2D eigenvalue weighted by Crippen LogP contribution is 2.29. The first-order valence-corrected chi connectivity index (χ1v) is 11.9. The summed E-state index contributed by atoms with van der Waals surface area (Å²) in [5, 5.41) is 9.68.